The summed E-state index contributed by atoms with van der Waals surface area (Å²) in [4.78, 5) is 12.0. The van der Waals surface area contributed by atoms with Gasteiger partial charge in [0.05, 0.1) is 19.3 Å². The molecule has 6 heteroatoms. The predicted octanol–water partition coefficient (Wildman–Crippen LogP) is 5.22. The van der Waals surface area contributed by atoms with Crippen LogP contribution in [0.5, 0.6) is 11.5 Å². The number of para-hydroxylation sites is 1. The lowest BCUT2D eigenvalue weighted by Gasteiger charge is -2.04. The lowest BCUT2D eigenvalue weighted by molar-refractivity contribution is -0.111. The highest BCUT2D eigenvalue weighted by molar-refractivity contribution is 6.48. The number of ether oxygens (including phenoxy) is 2. The molecule has 3 aromatic rings. The molecule has 0 saturated carbocycles. The van der Waals surface area contributed by atoms with Crippen LogP contribution in [0.15, 0.2) is 71.2 Å². The molecule has 0 aliphatic heterocycles. The molecule has 0 aliphatic rings. The number of hydrogen-bond donors (Lipinski definition) is 1. The van der Waals surface area contributed by atoms with E-state index in [1.54, 1.807) is 50.6 Å². The highest BCUT2D eigenvalue weighted by Gasteiger charge is 2.10. The van der Waals surface area contributed by atoms with Crippen LogP contribution in [-0.4, -0.2) is 20.1 Å². The van der Waals surface area contributed by atoms with Crippen LogP contribution in [-0.2, 0) is 4.79 Å². The average Bonchev–Trinajstić information content (AvgIpc) is 3.12. The summed E-state index contributed by atoms with van der Waals surface area (Å²) in [6.07, 6.45) is 4.53. The van der Waals surface area contributed by atoms with Gasteiger partial charge in [-0.1, -0.05) is 35.9 Å². The molecule has 2 aromatic carbocycles. The molecule has 27 heavy (non-hydrogen) atoms. The second kappa shape index (κ2) is 8.47. The van der Waals surface area contributed by atoms with Gasteiger partial charge < -0.3 is 19.2 Å². The van der Waals surface area contributed by atoms with Crippen molar-refractivity contribution in [1.29, 1.82) is 0 Å². The zero-order valence-corrected chi connectivity index (χ0v) is 15.6. The molecule has 0 saturated heterocycles. The van der Waals surface area contributed by atoms with E-state index in [1.807, 2.05) is 24.3 Å². The summed E-state index contributed by atoms with van der Waals surface area (Å²) in [6.45, 7) is 0. The Balaban J connectivity index is 1.70. The highest BCUT2D eigenvalue weighted by atomic mass is 35.5. The Labute approximate surface area is 161 Å². The van der Waals surface area contributed by atoms with Crippen molar-refractivity contribution in [2.75, 3.05) is 19.5 Å². The van der Waals surface area contributed by atoms with Crippen molar-refractivity contribution >= 4 is 39.2 Å². The van der Waals surface area contributed by atoms with Crippen molar-refractivity contribution in [3.05, 3.63) is 72.5 Å². The summed E-state index contributed by atoms with van der Waals surface area (Å²) in [6, 6.07) is 14.5. The van der Waals surface area contributed by atoms with Crippen molar-refractivity contribution in [1.82, 2.24) is 0 Å². The molecule has 1 N–H and O–H groups in total. The molecule has 0 atom stereocenters. The highest BCUT2D eigenvalue weighted by Crippen LogP contribution is 2.32. The molecular weight excluding hydrogens is 366 g/mol. The molecule has 0 radical (unpaired) electrons. The number of nitrogens with one attached hydrogen (secondary N) is 1. The minimum Gasteiger partial charge on any atom is -0.497 e. The first kappa shape index (κ1) is 18.6. The van der Waals surface area contributed by atoms with E-state index in [4.69, 9.17) is 25.5 Å². The number of fused-ring (bicyclic) bond motifs is 1. The van der Waals surface area contributed by atoms with Crippen molar-refractivity contribution in [3.8, 4) is 11.5 Å². The van der Waals surface area contributed by atoms with Gasteiger partial charge in [0.15, 0.2) is 11.3 Å². The fraction of sp³-hybridized carbons (Fsp3) is 0.0952. The third-order valence-electron chi connectivity index (χ3n) is 3.79. The third-order valence-corrected chi connectivity index (χ3v) is 4.10. The zero-order valence-electron chi connectivity index (χ0n) is 14.9. The van der Waals surface area contributed by atoms with Crippen molar-refractivity contribution in [3.63, 3.8) is 0 Å². The molecule has 138 valence electrons. The number of furan rings is 1. The van der Waals surface area contributed by atoms with Gasteiger partial charge in [-0.2, -0.15) is 0 Å². The van der Waals surface area contributed by atoms with Crippen LogP contribution in [0.25, 0.3) is 16.0 Å². The summed E-state index contributed by atoms with van der Waals surface area (Å²) in [5.74, 6) is 1.51. The smallest absolute Gasteiger partial charge is 0.248 e. The number of benzene rings is 2. The van der Waals surface area contributed by atoms with Gasteiger partial charge >= 0.3 is 0 Å². The van der Waals surface area contributed by atoms with Crippen LogP contribution in [0.2, 0.25) is 0 Å². The fourth-order valence-corrected chi connectivity index (χ4v) is 2.67. The van der Waals surface area contributed by atoms with Gasteiger partial charge in [0, 0.05) is 23.2 Å². The van der Waals surface area contributed by atoms with Crippen molar-refractivity contribution in [2.45, 2.75) is 0 Å². The summed E-state index contributed by atoms with van der Waals surface area (Å²) >= 11 is 6.28. The number of anilines is 1. The number of halogens is 1. The van der Waals surface area contributed by atoms with Gasteiger partial charge in [0.25, 0.3) is 0 Å². The number of amides is 1. The second-order valence-corrected chi connectivity index (χ2v) is 5.99. The largest absolute Gasteiger partial charge is 0.497 e. The molecule has 1 heterocycles. The van der Waals surface area contributed by atoms with Gasteiger partial charge in [-0.15, -0.1) is 0 Å². The fourth-order valence-electron chi connectivity index (χ4n) is 2.50. The number of rotatable bonds is 6. The maximum Gasteiger partial charge on any atom is 0.248 e. The molecule has 0 bridgehead atoms. The molecule has 0 aliphatic carbocycles. The second-order valence-electron chi connectivity index (χ2n) is 5.58. The van der Waals surface area contributed by atoms with E-state index in [1.165, 1.54) is 6.08 Å². The monoisotopic (exact) mass is 383 g/mol. The van der Waals surface area contributed by atoms with Gasteiger partial charge in [-0.25, -0.2) is 0 Å². The first-order chi connectivity index (χ1) is 13.1. The van der Waals surface area contributed by atoms with Crippen LogP contribution in [0.3, 0.4) is 0 Å². The van der Waals surface area contributed by atoms with E-state index in [9.17, 15) is 4.79 Å². The first-order valence-corrected chi connectivity index (χ1v) is 8.54. The van der Waals surface area contributed by atoms with E-state index in [2.05, 4.69) is 5.32 Å². The van der Waals surface area contributed by atoms with E-state index in [0.29, 0.717) is 33.6 Å². The van der Waals surface area contributed by atoms with Gasteiger partial charge in [0.1, 0.15) is 11.5 Å². The van der Waals surface area contributed by atoms with E-state index >= 15 is 0 Å². The Morgan fingerprint density at radius 2 is 1.93 bits per heavy atom. The standard InChI is InChI=1S/C21H18ClNO4/c1-25-16-8-4-7-15(13-16)23-20(24)11-5-9-17(22)19-12-14-6-3-10-18(26-2)21(14)27-19/h3-13H,1-2H3,(H,23,24). The summed E-state index contributed by atoms with van der Waals surface area (Å²) in [5, 5.41) is 4.01. The van der Waals surface area contributed by atoms with Crippen LogP contribution in [0.4, 0.5) is 5.69 Å². The van der Waals surface area contributed by atoms with Crippen LogP contribution in [0, 0.1) is 0 Å². The van der Waals surface area contributed by atoms with Crippen molar-refractivity contribution in [2.24, 2.45) is 0 Å². The topological polar surface area (TPSA) is 60.7 Å². The number of allylic oxidation sites excluding steroid dienone is 2. The molecule has 0 unspecified atom stereocenters. The molecule has 1 aromatic heterocycles. The first-order valence-electron chi connectivity index (χ1n) is 8.16. The predicted molar refractivity (Wildman–Crippen MR) is 107 cm³/mol. The summed E-state index contributed by atoms with van der Waals surface area (Å²) < 4.78 is 16.2. The Bertz CT molecular complexity index is 1020. The third kappa shape index (κ3) is 4.51. The minimum atomic E-state index is -0.282. The summed E-state index contributed by atoms with van der Waals surface area (Å²) in [7, 11) is 3.15. The minimum absolute atomic E-state index is 0.282. The van der Waals surface area contributed by atoms with Gasteiger partial charge in [0.2, 0.25) is 5.91 Å². The molecular formula is C21H18ClNO4. The molecule has 0 fully saturated rings. The lowest BCUT2D eigenvalue weighted by atomic mass is 10.2. The Kier molecular flexibility index (Phi) is 5.84. The van der Waals surface area contributed by atoms with Crippen LogP contribution >= 0.6 is 11.6 Å². The SMILES string of the molecule is COc1cccc(NC(=O)C=CC=C(Cl)c2cc3cccc(OC)c3o2)c1. The lowest BCUT2D eigenvalue weighted by Crippen LogP contribution is -2.07. The molecule has 1 amide bonds. The van der Waals surface area contributed by atoms with Crippen LogP contribution < -0.4 is 14.8 Å². The maximum absolute atomic E-state index is 12.0. The van der Waals surface area contributed by atoms with Crippen LogP contribution in [0.1, 0.15) is 5.76 Å². The Morgan fingerprint density at radius 1 is 1.11 bits per heavy atom. The quantitative estimate of drug-likeness (QED) is 0.468. The number of carbonyl (C=O) groups excluding carboxylic acids is 1. The van der Waals surface area contributed by atoms with Gasteiger partial charge in [-0.05, 0) is 30.3 Å². The molecule has 3 rings (SSSR count). The molecule has 0 spiro atoms. The molecule has 5 nitrogen and oxygen atoms in total. The average molecular weight is 384 g/mol. The normalized spacial score (nSPS) is 11.7. The number of methoxy groups -OCH3 is 2. The maximum atomic E-state index is 12.0. The van der Waals surface area contributed by atoms with E-state index < -0.39 is 0 Å². The van der Waals surface area contributed by atoms with Crippen molar-refractivity contribution < 1.29 is 18.7 Å². The van der Waals surface area contributed by atoms with E-state index in [-0.39, 0.29) is 5.91 Å². The zero-order chi connectivity index (χ0) is 19.2. The number of carbonyl (C=O) groups is 1. The number of hydrogen-bond acceptors (Lipinski definition) is 4. The Morgan fingerprint density at radius 3 is 2.70 bits per heavy atom. The Hall–Kier alpha value is -3.18. The van der Waals surface area contributed by atoms with Gasteiger partial charge in [-0.3, -0.25) is 4.79 Å². The summed E-state index contributed by atoms with van der Waals surface area (Å²) in [5.41, 5.74) is 1.27. The van der Waals surface area contributed by atoms with E-state index in [0.717, 1.165) is 5.39 Å².